The van der Waals surface area contributed by atoms with E-state index in [9.17, 15) is 9.18 Å². The first kappa shape index (κ1) is 12.6. The standard InChI is InChI=1S/C12H10ClFN2O2/c1-6-11(15-7(2)18-6)12(17)16-10-4-3-8(14)5-9(10)13/h3-5H,1-2H3,(H,16,17). The molecule has 0 radical (unpaired) electrons. The Hall–Kier alpha value is -1.88. The quantitative estimate of drug-likeness (QED) is 0.909. The minimum atomic E-state index is -0.466. The number of aromatic nitrogens is 1. The van der Waals surface area contributed by atoms with Crippen molar-refractivity contribution in [3.63, 3.8) is 0 Å². The van der Waals surface area contributed by atoms with E-state index in [0.29, 0.717) is 17.3 Å². The molecule has 0 saturated carbocycles. The first-order valence-electron chi connectivity index (χ1n) is 5.18. The first-order chi connectivity index (χ1) is 8.47. The fourth-order valence-corrected chi connectivity index (χ4v) is 1.73. The highest BCUT2D eigenvalue weighted by Crippen LogP contribution is 2.23. The molecule has 1 aromatic carbocycles. The molecule has 94 valence electrons. The van der Waals surface area contributed by atoms with Crippen molar-refractivity contribution >= 4 is 23.2 Å². The molecule has 4 nitrogen and oxygen atoms in total. The van der Waals surface area contributed by atoms with Crippen molar-refractivity contribution in [2.75, 3.05) is 5.32 Å². The summed E-state index contributed by atoms with van der Waals surface area (Å²) in [5.74, 6) is -0.0876. The van der Waals surface area contributed by atoms with Crippen LogP contribution in [0.1, 0.15) is 22.1 Å². The number of oxazole rings is 1. The van der Waals surface area contributed by atoms with Gasteiger partial charge in [0.15, 0.2) is 11.6 Å². The molecule has 0 aliphatic carbocycles. The number of hydrogen-bond donors (Lipinski definition) is 1. The lowest BCUT2D eigenvalue weighted by Gasteiger charge is -2.05. The molecule has 1 aromatic heterocycles. The first-order valence-corrected chi connectivity index (χ1v) is 5.55. The molecule has 0 atom stereocenters. The highest BCUT2D eigenvalue weighted by Gasteiger charge is 2.16. The normalized spacial score (nSPS) is 10.4. The van der Waals surface area contributed by atoms with Crippen LogP contribution < -0.4 is 5.32 Å². The third-order valence-corrected chi connectivity index (χ3v) is 2.61. The molecular weight excluding hydrogens is 259 g/mol. The summed E-state index contributed by atoms with van der Waals surface area (Å²) < 4.78 is 18.0. The number of nitrogens with zero attached hydrogens (tertiary/aromatic N) is 1. The number of nitrogens with one attached hydrogen (secondary N) is 1. The van der Waals surface area contributed by atoms with Crippen LogP contribution in [0.4, 0.5) is 10.1 Å². The molecule has 0 saturated heterocycles. The van der Waals surface area contributed by atoms with E-state index >= 15 is 0 Å². The third kappa shape index (κ3) is 2.51. The molecule has 0 spiro atoms. The van der Waals surface area contributed by atoms with Crippen LogP contribution in [0.15, 0.2) is 22.6 Å². The predicted octanol–water partition coefficient (Wildman–Crippen LogP) is 3.34. The van der Waals surface area contributed by atoms with Gasteiger partial charge in [-0.1, -0.05) is 11.6 Å². The van der Waals surface area contributed by atoms with Gasteiger partial charge in [0.05, 0.1) is 10.7 Å². The summed E-state index contributed by atoms with van der Waals surface area (Å²) in [6.07, 6.45) is 0. The van der Waals surface area contributed by atoms with Gasteiger partial charge in [0, 0.05) is 6.92 Å². The summed E-state index contributed by atoms with van der Waals surface area (Å²) in [6, 6.07) is 3.72. The molecule has 1 amide bonds. The lowest BCUT2D eigenvalue weighted by Crippen LogP contribution is -2.14. The molecule has 2 rings (SSSR count). The van der Waals surface area contributed by atoms with Gasteiger partial charge in [0.2, 0.25) is 0 Å². The fraction of sp³-hybridized carbons (Fsp3) is 0.167. The highest BCUT2D eigenvalue weighted by molar-refractivity contribution is 6.33. The molecular formula is C12H10ClFN2O2. The van der Waals surface area contributed by atoms with Gasteiger partial charge in [-0.3, -0.25) is 4.79 Å². The topological polar surface area (TPSA) is 55.1 Å². The fourth-order valence-electron chi connectivity index (χ4n) is 1.51. The van der Waals surface area contributed by atoms with Crippen molar-refractivity contribution in [1.29, 1.82) is 0 Å². The van der Waals surface area contributed by atoms with Gasteiger partial charge in [-0.2, -0.15) is 0 Å². The number of amides is 1. The van der Waals surface area contributed by atoms with Crippen LogP contribution in [0.5, 0.6) is 0 Å². The lowest BCUT2D eigenvalue weighted by atomic mass is 10.3. The molecule has 1 heterocycles. The monoisotopic (exact) mass is 268 g/mol. The predicted molar refractivity (Wildman–Crippen MR) is 65.3 cm³/mol. The molecule has 1 N–H and O–H groups in total. The van der Waals surface area contributed by atoms with E-state index < -0.39 is 11.7 Å². The summed E-state index contributed by atoms with van der Waals surface area (Å²) in [4.78, 5) is 15.9. The van der Waals surface area contributed by atoms with E-state index in [0.717, 1.165) is 6.07 Å². The molecule has 0 aliphatic heterocycles. The van der Waals surface area contributed by atoms with Crippen molar-refractivity contribution in [1.82, 2.24) is 4.98 Å². The molecule has 0 unspecified atom stereocenters. The second-order valence-corrected chi connectivity index (χ2v) is 4.12. The summed E-state index contributed by atoms with van der Waals surface area (Å²) in [7, 11) is 0. The lowest BCUT2D eigenvalue weighted by molar-refractivity contribution is 0.102. The second-order valence-electron chi connectivity index (χ2n) is 3.72. The van der Waals surface area contributed by atoms with Crippen LogP contribution in [0, 0.1) is 19.7 Å². The number of carbonyl (C=O) groups excluding carboxylic acids is 1. The van der Waals surface area contributed by atoms with Gasteiger partial charge in [-0.15, -0.1) is 0 Å². The average Bonchev–Trinajstić information content (AvgIpc) is 2.62. The Kier molecular flexibility index (Phi) is 3.34. The Balaban J connectivity index is 2.24. The van der Waals surface area contributed by atoms with Crippen LogP contribution in [0.3, 0.4) is 0 Å². The smallest absolute Gasteiger partial charge is 0.277 e. The summed E-state index contributed by atoms with van der Waals surface area (Å²) in [5.41, 5.74) is 0.510. The maximum absolute atomic E-state index is 12.9. The van der Waals surface area contributed by atoms with E-state index in [1.54, 1.807) is 13.8 Å². The zero-order valence-corrected chi connectivity index (χ0v) is 10.5. The van der Waals surface area contributed by atoms with Crippen molar-refractivity contribution in [2.24, 2.45) is 0 Å². The SMILES string of the molecule is Cc1nc(C(=O)Nc2ccc(F)cc2Cl)c(C)o1. The van der Waals surface area contributed by atoms with Gasteiger partial charge in [-0.05, 0) is 25.1 Å². The van der Waals surface area contributed by atoms with Crippen LogP contribution in [0.25, 0.3) is 0 Å². The van der Waals surface area contributed by atoms with Gasteiger partial charge in [-0.25, -0.2) is 9.37 Å². The maximum Gasteiger partial charge on any atom is 0.277 e. The van der Waals surface area contributed by atoms with E-state index in [1.807, 2.05) is 0 Å². The number of benzene rings is 1. The van der Waals surface area contributed by atoms with E-state index in [-0.39, 0.29) is 10.7 Å². The average molecular weight is 269 g/mol. The van der Waals surface area contributed by atoms with E-state index in [4.69, 9.17) is 16.0 Å². The van der Waals surface area contributed by atoms with Crippen molar-refractivity contribution in [2.45, 2.75) is 13.8 Å². The molecule has 0 aliphatic rings. The van der Waals surface area contributed by atoms with Crippen molar-refractivity contribution in [3.05, 3.63) is 46.4 Å². The van der Waals surface area contributed by atoms with Crippen LogP contribution in [-0.4, -0.2) is 10.9 Å². The summed E-state index contributed by atoms with van der Waals surface area (Å²) >= 11 is 5.81. The minimum Gasteiger partial charge on any atom is -0.445 e. The summed E-state index contributed by atoms with van der Waals surface area (Å²) in [6.45, 7) is 3.29. The minimum absolute atomic E-state index is 0.126. The van der Waals surface area contributed by atoms with Crippen LogP contribution >= 0.6 is 11.6 Å². The van der Waals surface area contributed by atoms with E-state index in [2.05, 4.69) is 10.3 Å². The molecule has 2 aromatic rings. The number of hydrogen-bond acceptors (Lipinski definition) is 3. The maximum atomic E-state index is 12.9. The summed E-state index contributed by atoms with van der Waals surface area (Å²) in [5, 5.41) is 2.67. The number of carbonyl (C=O) groups is 1. The second kappa shape index (κ2) is 4.78. The third-order valence-electron chi connectivity index (χ3n) is 2.30. The Morgan fingerprint density at radius 3 is 2.72 bits per heavy atom. The highest BCUT2D eigenvalue weighted by atomic mass is 35.5. The Morgan fingerprint density at radius 1 is 1.44 bits per heavy atom. The van der Waals surface area contributed by atoms with Gasteiger partial charge < -0.3 is 9.73 Å². The number of aryl methyl sites for hydroxylation is 2. The largest absolute Gasteiger partial charge is 0.445 e. The molecule has 6 heteroatoms. The van der Waals surface area contributed by atoms with Crippen molar-refractivity contribution in [3.8, 4) is 0 Å². The number of rotatable bonds is 2. The molecule has 0 fully saturated rings. The number of halogens is 2. The van der Waals surface area contributed by atoms with E-state index in [1.165, 1.54) is 12.1 Å². The van der Waals surface area contributed by atoms with Gasteiger partial charge in [0.1, 0.15) is 11.6 Å². The van der Waals surface area contributed by atoms with Crippen LogP contribution in [0.2, 0.25) is 5.02 Å². The van der Waals surface area contributed by atoms with Crippen LogP contribution in [-0.2, 0) is 0 Å². The van der Waals surface area contributed by atoms with Gasteiger partial charge >= 0.3 is 0 Å². The Morgan fingerprint density at radius 2 is 2.17 bits per heavy atom. The Labute approximate surface area is 108 Å². The number of anilines is 1. The molecule has 18 heavy (non-hydrogen) atoms. The molecule has 0 bridgehead atoms. The van der Waals surface area contributed by atoms with Gasteiger partial charge in [0.25, 0.3) is 5.91 Å². The zero-order chi connectivity index (χ0) is 13.3. The zero-order valence-electron chi connectivity index (χ0n) is 9.75. The Bertz CT molecular complexity index is 610. The van der Waals surface area contributed by atoms with Crippen molar-refractivity contribution < 1.29 is 13.6 Å².